The van der Waals surface area contributed by atoms with Crippen molar-refractivity contribution in [3.63, 3.8) is 0 Å². The predicted molar refractivity (Wildman–Crippen MR) is 107 cm³/mol. The highest BCUT2D eigenvalue weighted by molar-refractivity contribution is 7.88. The van der Waals surface area contributed by atoms with Crippen molar-refractivity contribution in [2.45, 2.75) is 32.9 Å². The zero-order valence-corrected chi connectivity index (χ0v) is 16.7. The molecule has 2 aromatic carbocycles. The van der Waals surface area contributed by atoms with Crippen molar-refractivity contribution in [3.05, 3.63) is 60.2 Å². The number of nitrogens with one attached hydrogen (secondary N) is 1. The molecule has 2 rings (SSSR count). The van der Waals surface area contributed by atoms with Gasteiger partial charge in [-0.25, -0.2) is 8.42 Å². The SMILES string of the molecule is CC(C)N(CCC(=O)Nc1ccc(OCc2ccccc2)cc1)S(C)(=O)=O. The van der Waals surface area contributed by atoms with Crippen LogP contribution in [0.15, 0.2) is 54.6 Å². The number of carbonyl (C=O) groups excluding carboxylic acids is 1. The largest absolute Gasteiger partial charge is 0.489 e. The number of hydrogen-bond donors (Lipinski definition) is 1. The van der Waals surface area contributed by atoms with Crippen LogP contribution < -0.4 is 10.1 Å². The smallest absolute Gasteiger partial charge is 0.225 e. The van der Waals surface area contributed by atoms with E-state index in [9.17, 15) is 13.2 Å². The number of nitrogens with zero attached hydrogens (tertiary/aromatic N) is 1. The van der Waals surface area contributed by atoms with E-state index in [1.54, 1.807) is 38.1 Å². The van der Waals surface area contributed by atoms with Gasteiger partial charge in [-0.15, -0.1) is 0 Å². The summed E-state index contributed by atoms with van der Waals surface area (Å²) in [6.07, 6.45) is 1.25. The molecule has 0 heterocycles. The second-order valence-corrected chi connectivity index (χ2v) is 8.50. The molecule has 0 saturated carbocycles. The van der Waals surface area contributed by atoms with Gasteiger partial charge in [0.25, 0.3) is 0 Å². The van der Waals surface area contributed by atoms with Gasteiger partial charge in [0.1, 0.15) is 12.4 Å². The average molecular weight is 391 g/mol. The Labute approximate surface area is 161 Å². The molecule has 27 heavy (non-hydrogen) atoms. The van der Waals surface area contributed by atoms with Gasteiger partial charge in [-0.3, -0.25) is 4.79 Å². The van der Waals surface area contributed by atoms with Gasteiger partial charge in [0.15, 0.2) is 0 Å². The van der Waals surface area contributed by atoms with Gasteiger partial charge in [0.2, 0.25) is 15.9 Å². The van der Waals surface area contributed by atoms with Crippen LogP contribution in [0.5, 0.6) is 5.75 Å². The van der Waals surface area contributed by atoms with E-state index in [0.29, 0.717) is 18.0 Å². The fraction of sp³-hybridized carbons (Fsp3) is 0.350. The van der Waals surface area contributed by atoms with Crippen molar-refractivity contribution in [2.24, 2.45) is 0 Å². The lowest BCUT2D eigenvalue weighted by Crippen LogP contribution is -2.38. The zero-order chi connectivity index (χ0) is 19.9. The molecule has 0 aromatic heterocycles. The van der Waals surface area contributed by atoms with Crippen LogP contribution in [0.4, 0.5) is 5.69 Å². The van der Waals surface area contributed by atoms with Gasteiger partial charge in [0, 0.05) is 24.7 Å². The molecule has 1 N–H and O–H groups in total. The predicted octanol–water partition coefficient (Wildman–Crippen LogP) is 3.26. The number of sulfonamides is 1. The van der Waals surface area contributed by atoms with Gasteiger partial charge in [-0.2, -0.15) is 4.31 Å². The third-order valence-electron chi connectivity index (χ3n) is 3.95. The summed E-state index contributed by atoms with van der Waals surface area (Å²) < 4.78 is 30.5. The van der Waals surface area contributed by atoms with Crippen molar-refractivity contribution >= 4 is 21.6 Å². The van der Waals surface area contributed by atoms with E-state index in [1.807, 2.05) is 30.3 Å². The maximum Gasteiger partial charge on any atom is 0.225 e. The molecule has 0 unspecified atom stereocenters. The highest BCUT2D eigenvalue weighted by Crippen LogP contribution is 2.17. The molecule has 0 fully saturated rings. The van der Waals surface area contributed by atoms with Gasteiger partial charge < -0.3 is 10.1 Å². The molecule has 0 radical (unpaired) electrons. The van der Waals surface area contributed by atoms with Crippen LogP contribution in [0.1, 0.15) is 25.8 Å². The van der Waals surface area contributed by atoms with Gasteiger partial charge in [-0.05, 0) is 43.7 Å². The van der Waals surface area contributed by atoms with Crippen LogP contribution in [0.3, 0.4) is 0 Å². The van der Waals surface area contributed by atoms with Crippen molar-refractivity contribution in [1.82, 2.24) is 4.31 Å². The third-order valence-corrected chi connectivity index (χ3v) is 5.40. The van der Waals surface area contributed by atoms with E-state index < -0.39 is 10.0 Å². The van der Waals surface area contributed by atoms with E-state index in [1.165, 1.54) is 4.31 Å². The highest BCUT2D eigenvalue weighted by Gasteiger charge is 2.20. The van der Waals surface area contributed by atoms with E-state index in [0.717, 1.165) is 11.8 Å². The topological polar surface area (TPSA) is 75.7 Å². The Hall–Kier alpha value is -2.38. The highest BCUT2D eigenvalue weighted by atomic mass is 32.2. The molecular formula is C20H26N2O4S. The minimum Gasteiger partial charge on any atom is -0.489 e. The molecule has 146 valence electrons. The lowest BCUT2D eigenvalue weighted by Gasteiger charge is -2.23. The van der Waals surface area contributed by atoms with Gasteiger partial charge >= 0.3 is 0 Å². The minimum atomic E-state index is -3.33. The first-order valence-corrected chi connectivity index (χ1v) is 10.6. The van der Waals surface area contributed by atoms with Gasteiger partial charge in [-0.1, -0.05) is 30.3 Å². The van der Waals surface area contributed by atoms with E-state index in [2.05, 4.69) is 5.32 Å². The van der Waals surface area contributed by atoms with Crippen LogP contribution in [0, 0.1) is 0 Å². The molecule has 0 aliphatic heterocycles. The second-order valence-electron chi connectivity index (χ2n) is 6.56. The van der Waals surface area contributed by atoms with Crippen LogP contribution in [0.25, 0.3) is 0 Å². The third kappa shape index (κ3) is 7.03. The first kappa shape index (κ1) is 20.9. The van der Waals surface area contributed by atoms with Crippen LogP contribution in [-0.2, 0) is 21.4 Å². The number of carbonyl (C=O) groups is 1. The lowest BCUT2D eigenvalue weighted by atomic mass is 10.2. The number of benzene rings is 2. The quantitative estimate of drug-likeness (QED) is 0.713. The standard InChI is InChI=1S/C20H26N2O4S/c1-16(2)22(27(3,24)25)14-13-20(23)21-18-9-11-19(12-10-18)26-15-17-7-5-4-6-8-17/h4-12,16H,13-15H2,1-3H3,(H,21,23). The lowest BCUT2D eigenvalue weighted by molar-refractivity contribution is -0.116. The number of amides is 1. The first-order chi connectivity index (χ1) is 12.8. The van der Waals surface area contributed by atoms with Crippen LogP contribution in [-0.4, -0.2) is 37.5 Å². The molecule has 0 aliphatic rings. The average Bonchev–Trinajstić information content (AvgIpc) is 2.60. The molecule has 0 bridgehead atoms. The molecule has 6 nitrogen and oxygen atoms in total. The maximum absolute atomic E-state index is 12.1. The monoisotopic (exact) mass is 390 g/mol. The summed E-state index contributed by atoms with van der Waals surface area (Å²) in [7, 11) is -3.33. The Bertz CT molecular complexity index is 834. The Morgan fingerprint density at radius 2 is 1.70 bits per heavy atom. The molecule has 2 aromatic rings. The molecule has 1 amide bonds. The maximum atomic E-state index is 12.1. The Morgan fingerprint density at radius 3 is 2.26 bits per heavy atom. The molecule has 0 atom stereocenters. The van der Waals surface area contributed by atoms with Gasteiger partial charge in [0.05, 0.1) is 6.26 Å². The molecule has 0 spiro atoms. The number of hydrogen-bond acceptors (Lipinski definition) is 4. The van der Waals surface area contributed by atoms with Crippen molar-refractivity contribution in [1.29, 1.82) is 0 Å². The van der Waals surface area contributed by atoms with Crippen LogP contribution in [0.2, 0.25) is 0 Å². The summed E-state index contributed by atoms with van der Waals surface area (Å²) in [4.78, 5) is 12.1. The number of ether oxygens (including phenoxy) is 1. The first-order valence-electron chi connectivity index (χ1n) is 8.79. The summed E-state index contributed by atoms with van der Waals surface area (Å²) in [5.74, 6) is 0.474. The molecule has 0 saturated heterocycles. The summed E-state index contributed by atoms with van der Waals surface area (Å²) in [5.41, 5.74) is 1.72. The summed E-state index contributed by atoms with van der Waals surface area (Å²) in [6.45, 7) is 4.20. The second kappa shape index (κ2) is 9.53. The normalized spacial score (nSPS) is 11.6. The van der Waals surface area contributed by atoms with E-state index in [-0.39, 0.29) is 24.9 Å². The Kier molecular flexibility index (Phi) is 7.38. The minimum absolute atomic E-state index is 0.0948. The Morgan fingerprint density at radius 1 is 1.07 bits per heavy atom. The summed E-state index contributed by atoms with van der Waals surface area (Å²) in [6, 6.07) is 16.8. The van der Waals surface area contributed by atoms with E-state index >= 15 is 0 Å². The van der Waals surface area contributed by atoms with Crippen molar-refractivity contribution in [2.75, 3.05) is 18.1 Å². The van der Waals surface area contributed by atoms with Crippen LogP contribution >= 0.6 is 0 Å². The fourth-order valence-electron chi connectivity index (χ4n) is 2.62. The molecule has 7 heteroatoms. The molecule has 0 aliphatic carbocycles. The number of rotatable bonds is 9. The zero-order valence-electron chi connectivity index (χ0n) is 15.9. The molecular weight excluding hydrogens is 364 g/mol. The van der Waals surface area contributed by atoms with Crippen molar-refractivity contribution < 1.29 is 17.9 Å². The summed E-state index contributed by atoms with van der Waals surface area (Å²) >= 11 is 0. The number of anilines is 1. The van der Waals surface area contributed by atoms with E-state index in [4.69, 9.17) is 4.74 Å². The van der Waals surface area contributed by atoms with Crippen molar-refractivity contribution in [3.8, 4) is 5.75 Å². The summed E-state index contributed by atoms with van der Waals surface area (Å²) in [5, 5.41) is 2.77. The fourth-order valence-corrected chi connectivity index (χ4v) is 3.81. The Balaban J connectivity index is 1.84.